The molecule has 1 heterocycles. The quantitative estimate of drug-likeness (QED) is 0.705. The number of H-pyrrole nitrogens is 1. The average Bonchev–Trinajstić information content (AvgIpc) is 2.13. The summed E-state index contributed by atoms with van der Waals surface area (Å²) in [5.74, 6) is 0. The summed E-state index contributed by atoms with van der Waals surface area (Å²) in [5.41, 5.74) is -0.0724. The van der Waals surface area contributed by atoms with Gasteiger partial charge in [-0.15, -0.1) is 0 Å². The van der Waals surface area contributed by atoms with Gasteiger partial charge < -0.3 is 0 Å². The number of hydrogen-bond donors (Lipinski definition) is 1. The Morgan fingerprint density at radius 1 is 1.89 bits per heavy atom. The van der Waals surface area contributed by atoms with E-state index in [0.29, 0.717) is 4.47 Å². The molecule has 3 nitrogen and oxygen atoms in total. The van der Waals surface area contributed by atoms with E-state index >= 15 is 0 Å². The molecule has 1 aromatic rings. The number of halogens is 1. The molecule has 0 bridgehead atoms. The summed E-state index contributed by atoms with van der Waals surface area (Å²) in [4.78, 5) is 10.7. The van der Waals surface area contributed by atoms with E-state index in [1.807, 2.05) is 6.92 Å². The molecular formula is C5H7BrN2O. The van der Waals surface area contributed by atoms with Gasteiger partial charge in [-0.3, -0.25) is 14.6 Å². The Morgan fingerprint density at radius 3 is 2.78 bits per heavy atom. The first-order valence-electron chi connectivity index (χ1n) is 2.69. The lowest BCUT2D eigenvalue weighted by atomic mass is 10.7. The van der Waals surface area contributed by atoms with E-state index in [0.717, 1.165) is 6.54 Å². The van der Waals surface area contributed by atoms with Crippen molar-refractivity contribution < 1.29 is 0 Å². The highest BCUT2D eigenvalue weighted by molar-refractivity contribution is 9.10. The fraction of sp³-hybridized carbons (Fsp3) is 0.400. The van der Waals surface area contributed by atoms with Crippen LogP contribution in [-0.4, -0.2) is 9.78 Å². The summed E-state index contributed by atoms with van der Waals surface area (Å²) >= 11 is 3.09. The van der Waals surface area contributed by atoms with Gasteiger partial charge >= 0.3 is 0 Å². The molecule has 1 aromatic heterocycles. The Balaban J connectivity index is 3.13. The third-order valence-corrected chi connectivity index (χ3v) is 1.64. The Kier molecular flexibility index (Phi) is 1.75. The zero-order valence-electron chi connectivity index (χ0n) is 5.02. The normalized spacial score (nSPS) is 10.0. The van der Waals surface area contributed by atoms with Gasteiger partial charge in [0.15, 0.2) is 0 Å². The van der Waals surface area contributed by atoms with Crippen molar-refractivity contribution in [2.24, 2.45) is 0 Å². The zero-order valence-corrected chi connectivity index (χ0v) is 6.60. The predicted octanol–water partition coefficient (Wildman–Crippen LogP) is 0.959. The van der Waals surface area contributed by atoms with Gasteiger partial charge in [-0.1, -0.05) is 0 Å². The van der Waals surface area contributed by atoms with E-state index in [4.69, 9.17) is 0 Å². The lowest BCUT2D eigenvalue weighted by Crippen LogP contribution is -2.03. The number of nitrogens with one attached hydrogen (secondary N) is 1. The molecule has 0 radical (unpaired) electrons. The molecule has 1 N–H and O–H groups in total. The van der Waals surface area contributed by atoms with Gasteiger partial charge in [0.25, 0.3) is 5.56 Å². The third-order valence-electron chi connectivity index (χ3n) is 1.07. The summed E-state index contributed by atoms with van der Waals surface area (Å²) in [6, 6.07) is 0. The van der Waals surface area contributed by atoms with Gasteiger partial charge in [-0.25, -0.2) is 0 Å². The molecule has 0 aliphatic carbocycles. The molecule has 0 saturated heterocycles. The van der Waals surface area contributed by atoms with Crippen LogP contribution in [0.3, 0.4) is 0 Å². The minimum atomic E-state index is -0.0724. The molecule has 0 saturated carbocycles. The topological polar surface area (TPSA) is 37.8 Å². The zero-order chi connectivity index (χ0) is 6.85. The van der Waals surface area contributed by atoms with Crippen molar-refractivity contribution in [1.82, 2.24) is 9.78 Å². The maximum atomic E-state index is 10.7. The molecule has 0 spiro atoms. The molecule has 4 heteroatoms. The first kappa shape index (κ1) is 6.61. The molecule has 1 rings (SSSR count). The average molecular weight is 191 g/mol. The van der Waals surface area contributed by atoms with Crippen molar-refractivity contribution in [1.29, 1.82) is 0 Å². The third kappa shape index (κ3) is 1.24. The monoisotopic (exact) mass is 190 g/mol. The van der Waals surface area contributed by atoms with Crippen molar-refractivity contribution >= 4 is 15.9 Å². The van der Waals surface area contributed by atoms with Gasteiger partial charge in [0.05, 0.1) is 0 Å². The van der Waals surface area contributed by atoms with Gasteiger partial charge in [0, 0.05) is 12.7 Å². The standard InChI is InChI=1S/C5H7BrN2O/c1-2-8-3-4(6)5(9)7-8/h3H,2H2,1H3,(H,7,9). The SMILES string of the molecule is CCn1cc(Br)c(=O)[nH]1. The predicted molar refractivity (Wildman–Crippen MR) is 38.4 cm³/mol. The summed E-state index contributed by atoms with van der Waals surface area (Å²) < 4.78 is 2.30. The maximum Gasteiger partial charge on any atom is 0.278 e. The number of aryl methyl sites for hydroxylation is 1. The lowest BCUT2D eigenvalue weighted by molar-refractivity contribution is 0.653. The first-order valence-corrected chi connectivity index (χ1v) is 3.48. The number of nitrogens with zero attached hydrogens (tertiary/aromatic N) is 1. The first-order chi connectivity index (χ1) is 4.24. The molecule has 50 valence electrons. The number of aromatic nitrogens is 2. The van der Waals surface area contributed by atoms with Crippen LogP contribution in [0, 0.1) is 0 Å². The molecule has 0 fully saturated rings. The Labute approximate surface area is 60.8 Å². The van der Waals surface area contributed by atoms with E-state index in [-0.39, 0.29) is 5.56 Å². The Bertz CT molecular complexity index is 250. The number of hydrogen-bond acceptors (Lipinski definition) is 1. The molecule has 0 aliphatic heterocycles. The molecule has 0 amide bonds. The van der Waals surface area contributed by atoms with Crippen molar-refractivity contribution in [2.75, 3.05) is 0 Å². The van der Waals surface area contributed by atoms with Crippen LogP contribution in [0.25, 0.3) is 0 Å². The fourth-order valence-electron chi connectivity index (χ4n) is 0.582. The molecule has 9 heavy (non-hydrogen) atoms. The largest absolute Gasteiger partial charge is 0.291 e. The fourth-order valence-corrected chi connectivity index (χ4v) is 0.918. The Hall–Kier alpha value is -0.510. The smallest absolute Gasteiger partial charge is 0.278 e. The van der Waals surface area contributed by atoms with E-state index < -0.39 is 0 Å². The second-order valence-electron chi connectivity index (χ2n) is 1.70. The van der Waals surface area contributed by atoms with Crippen LogP contribution in [0.4, 0.5) is 0 Å². The van der Waals surface area contributed by atoms with Crippen LogP contribution >= 0.6 is 15.9 Å². The van der Waals surface area contributed by atoms with Crippen molar-refractivity contribution in [2.45, 2.75) is 13.5 Å². The molecule has 0 unspecified atom stereocenters. The van der Waals surface area contributed by atoms with E-state index in [2.05, 4.69) is 21.0 Å². The van der Waals surface area contributed by atoms with Gasteiger partial charge in [-0.2, -0.15) is 0 Å². The van der Waals surface area contributed by atoms with Crippen LogP contribution in [0.1, 0.15) is 6.92 Å². The van der Waals surface area contributed by atoms with Crippen LogP contribution in [0.15, 0.2) is 15.5 Å². The van der Waals surface area contributed by atoms with Crippen LogP contribution < -0.4 is 5.56 Å². The summed E-state index contributed by atoms with van der Waals surface area (Å²) in [5, 5.41) is 2.61. The minimum Gasteiger partial charge on any atom is -0.291 e. The van der Waals surface area contributed by atoms with E-state index in [1.54, 1.807) is 10.9 Å². The molecular weight excluding hydrogens is 184 g/mol. The number of rotatable bonds is 1. The maximum absolute atomic E-state index is 10.7. The van der Waals surface area contributed by atoms with E-state index in [9.17, 15) is 4.79 Å². The minimum absolute atomic E-state index is 0.0724. The van der Waals surface area contributed by atoms with Crippen LogP contribution in [-0.2, 0) is 6.54 Å². The molecule has 0 atom stereocenters. The highest BCUT2D eigenvalue weighted by Crippen LogP contribution is 1.98. The summed E-state index contributed by atoms with van der Waals surface area (Å²) in [7, 11) is 0. The lowest BCUT2D eigenvalue weighted by Gasteiger charge is -1.90. The molecule has 0 aliphatic rings. The van der Waals surface area contributed by atoms with Crippen LogP contribution in [0.5, 0.6) is 0 Å². The number of aromatic amines is 1. The second-order valence-corrected chi connectivity index (χ2v) is 2.56. The van der Waals surface area contributed by atoms with Gasteiger partial charge in [0.1, 0.15) is 4.47 Å². The van der Waals surface area contributed by atoms with Crippen LogP contribution in [0.2, 0.25) is 0 Å². The van der Waals surface area contributed by atoms with E-state index in [1.165, 1.54) is 0 Å². The second kappa shape index (κ2) is 2.39. The van der Waals surface area contributed by atoms with Gasteiger partial charge in [0.2, 0.25) is 0 Å². The summed E-state index contributed by atoms with van der Waals surface area (Å²) in [6.07, 6.45) is 1.72. The molecule has 0 aromatic carbocycles. The Morgan fingerprint density at radius 2 is 2.56 bits per heavy atom. The van der Waals surface area contributed by atoms with Crippen molar-refractivity contribution in [3.63, 3.8) is 0 Å². The highest BCUT2D eigenvalue weighted by Gasteiger charge is 1.95. The summed E-state index contributed by atoms with van der Waals surface area (Å²) in [6.45, 7) is 2.75. The highest BCUT2D eigenvalue weighted by atomic mass is 79.9. The van der Waals surface area contributed by atoms with Gasteiger partial charge in [-0.05, 0) is 22.9 Å². The van der Waals surface area contributed by atoms with Crippen molar-refractivity contribution in [3.05, 3.63) is 21.0 Å². The van der Waals surface area contributed by atoms with Crippen molar-refractivity contribution in [3.8, 4) is 0 Å².